The second-order valence-electron chi connectivity index (χ2n) is 4.91. The molecule has 114 valence electrons. The van der Waals surface area contributed by atoms with Crippen LogP contribution in [0.5, 0.6) is 0 Å². The monoisotopic (exact) mass is 317 g/mol. The number of cyclic esters (lactones) is 1. The first-order chi connectivity index (χ1) is 10.6. The third-order valence-corrected chi connectivity index (χ3v) is 3.44. The lowest BCUT2D eigenvalue weighted by atomic mass is 10.2. The molecule has 1 atom stereocenters. The van der Waals surface area contributed by atoms with Gasteiger partial charge in [0, 0.05) is 5.69 Å². The number of aromatic nitrogens is 3. The van der Waals surface area contributed by atoms with Gasteiger partial charge in [0.15, 0.2) is 0 Å². The molecule has 0 aliphatic carbocycles. The standard InChI is InChI=1S/C14H15N5O2S/c1-10(22)16-6-13-7-18(14(20)21-13)11-2-4-12(5-3-11)19-9-15-8-17-19/h2-5,8-9,13H,6-7H2,1H3,(H,16,22). The van der Waals surface area contributed by atoms with E-state index in [1.807, 2.05) is 24.3 Å². The number of thiocarbonyl (C=S) groups is 1. The molecule has 1 saturated heterocycles. The Hall–Kier alpha value is -2.48. The fourth-order valence-electron chi connectivity index (χ4n) is 2.22. The molecule has 1 unspecified atom stereocenters. The molecule has 1 aromatic carbocycles. The van der Waals surface area contributed by atoms with Crippen molar-refractivity contribution in [3.63, 3.8) is 0 Å². The summed E-state index contributed by atoms with van der Waals surface area (Å²) in [6.07, 6.45) is 2.54. The molecule has 0 spiro atoms. The highest BCUT2D eigenvalue weighted by molar-refractivity contribution is 7.80. The van der Waals surface area contributed by atoms with Gasteiger partial charge in [-0.15, -0.1) is 0 Å². The average Bonchev–Trinajstić information content (AvgIpc) is 3.15. The van der Waals surface area contributed by atoms with Crippen molar-refractivity contribution in [1.29, 1.82) is 0 Å². The first kappa shape index (κ1) is 14.5. The predicted octanol–water partition coefficient (Wildman–Crippen LogP) is 1.53. The van der Waals surface area contributed by atoms with E-state index in [2.05, 4.69) is 15.4 Å². The SMILES string of the molecule is CC(=S)NCC1CN(c2ccc(-n3cncn3)cc2)C(=O)O1. The number of amides is 1. The summed E-state index contributed by atoms with van der Waals surface area (Å²) in [6.45, 7) is 2.82. The van der Waals surface area contributed by atoms with Crippen LogP contribution in [0.15, 0.2) is 36.9 Å². The maximum atomic E-state index is 12.0. The number of carbonyl (C=O) groups excluding carboxylic acids is 1. The summed E-state index contributed by atoms with van der Waals surface area (Å²) in [4.78, 5) is 18.2. The van der Waals surface area contributed by atoms with Gasteiger partial charge in [0.2, 0.25) is 0 Å². The maximum absolute atomic E-state index is 12.0. The Morgan fingerprint density at radius 3 is 2.77 bits per heavy atom. The topological polar surface area (TPSA) is 72.3 Å². The van der Waals surface area contributed by atoms with Gasteiger partial charge in [0.05, 0.1) is 23.8 Å². The van der Waals surface area contributed by atoms with Crippen LogP contribution in [-0.2, 0) is 4.74 Å². The van der Waals surface area contributed by atoms with E-state index < -0.39 is 0 Å². The van der Waals surface area contributed by atoms with E-state index >= 15 is 0 Å². The lowest BCUT2D eigenvalue weighted by Gasteiger charge is -2.13. The van der Waals surface area contributed by atoms with Crippen LogP contribution in [0, 0.1) is 0 Å². The number of benzene rings is 1. The molecule has 0 radical (unpaired) electrons. The maximum Gasteiger partial charge on any atom is 0.414 e. The van der Waals surface area contributed by atoms with Crippen LogP contribution in [0.25, 0.3) is 5.69 Å². The van der Waals surface area contributed by atoms with E-state index in [0.717, 1.165) is 11.4 Å². The van der Waals surface area contributed by atoms with Gasteiger partial charge in [0.25, 0.3) is 0 Å². The lowest BCUT2D eigenvalue weighted by Crippen LogP contribution is -2.32. The van der Waals surface area contributed by atoms with E-state index in [1.165, 1.54) is 6.33 Å². The number of nitrogens with zero attached hydrogens (tertiary/aromatic N) is 4. The van der Waals surface area contributed by atoms with Gasteiger partial charge >= 0.3 is 6.09 Å². The minimum Gasteiger partial charge on any atom is -0.442 e. The molecule has 0 bridgehead atoms. The van der Waals surface area contributed by atoms with Crippen molar-refractivity contribution in [3.05, 3.63) is 36.9 Å². The summed E-state index contributed by atoms with van der Waals surface area (Å²) in [5.41, 5.74) is 1.67. The molecule has 8 heteroatoms. The fraction of sp³-hybridized carbons (Fsp3) is 0.286. The Balaban J connectivity index is 1.69. The van der Waals surface area contributed by atoms with Crippen LogP contribution < -0.4 is 10.2 Å². The number of hydrogen-bond donors (Lipinski definition) is 1. The summed E-state index contributed by atoms with van der Waals surface area (Å²) in [7, 11) is 0. The minimum absolute atomic E-state index is 0.208. The zero-order valence-corrected chi connectivity index (χ0v) is 12.8. The third-order valence-electron chi connectivity index (χ3n) is 3.30. The summed E-state index contributed by atoms with van der Waals surface area (Å²) in [6, 6.07) is 7.48. The van der Waals surface area contributed by atoms with E-state index in [9.17, 15) is 4.79 Å². The molecule has 2 heterocycles. The van der Waals surface area contributed by atoms with Crippen molar-refractivity contribution in [1.82, 2.24) is 20.1 Å². The van der Waals surface area contributed by atoms with Gasteiger partial charge in [-0.1, -0.05) is 12.2 Å². The molecule has 1 N–H and O–H groups in total. The van der Waals surface area contributed by atoms with Gasteiger partial charge < -0.3 is 10.1 Å². The Morgan fingerprint density at radius 1 is 1.41 bits per heavy atom. The molecule has 2 aromatic rings. The van der Waals surface area contributed by atoms with Crippen molar-refractivity contribution in [2.24, 2.45) is 0 Å². The molecular formula is C14H15N5O2S. The van der Waals surface area contributed by atoms with Crippen molar-refractivity contribution in [2.75, 3.05) is 18.0 Å². The second kappa shape index (κ2) is 6.10. The fourth-order valence-corrected chi connectivity index (χ4v) is 2.31. The number of nitrogens with one attached hydrogen (secondary N) is 1. The summed E-state index contributed by atoms with van der Waals surface area (Å²) in [5.74, 6) is 0. The molecule has 3 rings (SSSR count). The lowest BCUT2D eigenvalue weighted by molar-refractivity contribution is 0.143. The van der Waals surface area contributed by atoms with Crippen LogP contribution in [0.1, 0.15) is 6.92 Å². The Labute approximate surface area is 132 Å². The molecule has 1 aliphatic rings. The van der Waals surface area contributed by atoms with Crippen LogP contribution in [-0.4, -0.2) is 45.0 Å². The molecule has 0 saturated carbocycles. The zero-order chi connectivity index (χ0) is 15.5. The molecule has 7 nitrogen and oxygen atoms in total. The first-order valence-corrected chi connectivity index (χ1v) is 7.22. The molecular weight excluding hydrogens is 302 g/mol. The normalized spacial score (nSPS) is 17.4. The number of hydrogen-bond acceptors (Lipinski definition) is 5. The van der Waals surface area contributed by atoms with Crippen molar-refractivity contribution in [3.8, 4) is 5.69 Å². The Bertz CT molecular complexity index is 671. The predicted molar refractivity (Wildman–Crippen MR) is 85.2 cm³/mol. The summed E-state index contributed by atoms with van der Waals surface area (Å²) >= 11 is 4.96. The van der Waals surface area contributed by atoms with Crippen LogP contribution >= 0.6 is 12.2 Å². The molecule has 1 fully saturated rings. The number of carbonyl (C=O) groups is 1. The van der Waals surface area contributed by atoms with E-state index in [4.69, 9.17) is 17.0 Å². The quantitative estimate of drug-likeness (QED) is 0.862. The van der Waals surface area contributed by atoms with Gasteiger partial charge in [0.1, 0.15) is 18.8 Å². The summed E-state index contributed by atoms with van der Waals surface area (Å²) in [5, 5.41) is 7.08. The first-order valence-electron chi connectivity index (χ1n) is 6.81. The van der Waals surface area contributed by atoms with E-state index in [0.29, 0.717) is 18.1 Å². The number of rotatable bonds is 4. The van der Waals surface area contributed by atoms with Crippen LogP contribution in [0.4, 0.5) is 10.5 Å². The van der Waals surface area contributed by atoms with Crippen molar-refractivity contribution < 1.29 is 9.53 Å². The molecule has 1 amide bonds. The second-order valence-corrected chi connectivity index (χ2v) is 5.52. The van der Waals surface area contributed by atoms with Crippen LogP contribution in [0.2, 0.25) is 0 Å². The molecule has 1 aliphatic heterocycles. The molecule has 22 heavy (non-hydrogen) atoms. The average molecular weight is 317 g/mol. The summed E-state index contributed by atoms with van der Waals surface area (Å²) < 4.78 is 6.97. The largest absolute Gasteiger partial charge is 0.442 e. The number of ether oxygens (including phenoxy) is 1. The highest BCUT2D eigenvalue weighted by Crippen LogP contribution is 2.22. The highest BCUT2D eigenvalue weighted by atomic mass is 32.1. The van der Waals surface area contributed by atoms with Gasteiger partial charge in [-0.3, -0.25) is 4.90 Å². The zero-order valence-electron chi connectivity index (χ0n) is 12.0. The van der Waals surface area contributed by atoms with Gasteiger partial charge in [-0.05, 0) is 31.2 Å². The van der Waals surface area contributed by atoms with Crippen LogP contribution in [0.3, 0.4) is 0 Å². The van der Waals surface area contributed by atoms with Gasteiger partial charge in [-0.25, -0.2) is 14.5 Å². The van der Waals surface area contributed by atoms with Crippen molar-refractivity contribution in [2.45, 2.75) is 13.0 Å². The number of anilines is 1. The van der Waals surface area contributed by atoms with Crippen molar-refractivity contribution >= 4 is 29.0 Å². The smallest absolute Gasteiger partial charge is 0.414 e. The third kappa shape index (κ3) is 3.06. The Morgan fingerprint density at radius 2 is 2.14 bits per heavy atom. The van der Waals surface area contributed by atoms with Gasteiger partial charge in [-0.2, -0.15) is 5.10 Å². The Kier molecular flexibility index (Phi) is 4.01. The highest BCUT2D eigenvalue weighted by Gasteiger charge is 2.32. The minimum atomic E-state index is -0.345. The molecule has 1 aromatic heterocycles. The van der Waals surface area contributed by atoms with E-state index in [1.54, 1.807) is 22.8 Å². The van der Waals surface area contributed by atoms with E-state index in [-0.39, 0.29) is 12.2 Å².